The Labute approximate surface area is 197 Å². The van der Waals surface area contributed by atoms with Crippen LogP contribution in [0.5, 0.6) is 0 Å². The zero-order valence-electron chi connectivity index (χ0n) is 15.5. The van der Waals surface area contributed by atoms with Gasteiger partial charge in [-0.25, -0.2) is 9.59 Å². The first-order valence-corrected chi connectivity index (χ1v) is 13.3. The zero-order chi connectivity index (χ0) is 21.5. The lowest BCUT2D eigenvalue weighted by Crippen LogP contribution is -2.05. The van der Waals surface area contributed by atoms with Crippen LogP contribution in [0.1, 0.15) is 20.7 Å². The third-order valence-electron chi connectivity index (χ3n) is 4.63. The van der Waals surface area contributed by atoms with Crippen molar-refractivity contribution in [3.63, 3.8) is 0 Å². The molecule has 0 bridgehead atoms. The van der Waals surface area contributed by atoms with Crippen molar-refractivity contribution in [2.45, 2.75) is 0 Å². The average molecular weight is 501 g/mol. The Bertz CT molecular complexity index is 1370. The van der Waals surface area contributed by atoms with Crippen molar-refractivity contribution in [1.82, 2.24) is 0 Å². The summed E-state index contributed by atoms with van der Waals surface area (Å²) in [6.07, 6.45) is 0. The van der Waals surface area contributed by atoms with Gasteiger partial charge >= 0.3 is 11.9 Å². The summed E-state index contributed by atoms with van der Waals surface area (Å²) >= 11 is 7.56. The van der Waals surface area contributed by atoms with Gasteiger partial charge in [0.25, 0.3) is 0 Å². The molecular weight excluding hydrogens is 489 g/mol. The van der Waals surface area contributed by atoms with E-state index in [1.165, 1.54) is 28.1 Å². The summed E-state index contributed by atoms with van der Waals surface area (Å²) in [4.78, 5) is 29.3. The molecule has 5 rings (SSSR count). The Morgan fingerprint density at radius 1 is 0.645 bits per heavy atom. The van der Waals surface area contributed by atoms with Gasteiger partial charge in [0, 0.05) is 31.1 Å². The fourth-order valence-corrected chi connectivity index (χ4v) is 8.46. The van der Waals surface area contributed by atoms with Gasteiger partial charge in [0.2, 0.25) is 0 Å². The van der Waals surface area contributed by atoms with Crippen molar-refractivity contribution in [2.24, 2.45) is 0 Å². The molecule has 0 amide bonds. The standard InChI is InChI=1S/C22H12O4S5/c23-21(24)11-10-30-19(15(11)22(25)26)20-17(13-5-2-8-28-13)16(12-4-1-7-27-12)18(31-20)14-6-3-9-29-14/h1-10H,(H,23,24)(H,25,26). The molecule has 0 radical (unpaired) electrons. The third kappa shape index (κ3) is 3.48. The van der Waals surface area contributed by atoms with Gasteiger partial charge in [-0.05, 0) is 34.3 Å². The first-order valence-electron chi connectivity index (χ1n) is 8.93. The molecule has 5 aromatic heterocycles. The molecule has 5 heterocycles. The first kappa shape index (κ1) is 20.3. The summed E-state index contributed by atoms with van der Waals surface area (Å²) in [5, 5.41) is 26.9. The molecule has 2 N–H and O–H groups in total. The smallest absolute Gasteiger partial charge is 0.338 e. The van der Waals surface area contributed by atoms with Crippen molar-refractivity contribution in [3.05, 3.63) is 69.0 Å². The summed E-state index contributed by atoms with van der Waals surface area (Å²) in [6.45, 7) is 0. The highest BCUT2D eigenvalue weighted by Crippen LogP contribution is 2.55. The number of carboxylic acids is 2. The molecule has 9 heteroatoms. The van der Waals surface area contributed by atoms with Gasteiger partial charge in [-0.15, -0.1) is 56.7 Å². The lowest BCUT2D eigenvalue weighted by atomic mass is 10.0. The fraction of sp³-hybridized carbons (Fsp3) is 0. The molecule has 31 heavy (non-hydrogen) atoms. The van der Waals surface area contributed by atoms with Crippen molar-refractivity contribution in [1.29, 1.82) is 0 Å². The number of hydrogen-bond donors (Lipinski definition) is 2. The maximum absolute atomic E-state index is 12.1. The topological polar surface area (TPSA) is 74.6 Å². The van der Waals surface area contributed by atoms with Crippen LogP contribution in [0.2, 0.25) is 0 Å². The van der Waals surface area contributed by atoms with Crippen molar-refractivity contribution >= 4 is 68.6 Å². The number of rotatable bonds is 6. The van der Waals surface area contributed by atoms with Gasteiger partial charge in [-0.3, -0.25) is 0 Å². The van der Waals surface area contributed by atoms with Crippen molar-refractivity contribution in [2.75, 3.05) is 0 Å². The molecule has 0 saturated heterocycles. The van der Waals surface area contributed by atoms with Crippen LogP contribution < -0.4 is 0 Å². The Balaban J connectivity index is 1.89. The van der Waals surface area contributed by atoms with E-state index in [1.54, 1.807) is 34.0 Å². The van der Waals surface area contributed by atoms with Gasteiger partial charge in [0.1, 0.15) is 0 Å². The van der Waals surface area contributed by atoms with Crippen molar-refractivity contribution < 1.29 is 19.8 Å². The van der Waals surface area contributed by atoms with Crippen LogP contribution in [0, 0.1) is 0 Å². The van der Waals surface area contributed by atoms with Gasteiger partial charge in [-0.2, -0.15) is 0 Å². The minimum Gasteiger partial charge on any atom is -0.478 e. The minimum absolute atomic E-state index is 0.146. The van der Waals surface area contributed by atoms with Crippen LogP contribution in [0.25, 0.3) is 40.4 Å². The number of carboxylic acid groups (broad SMARTS) is 2. The van der Waals surface area contributed by atoms with E-state index in [4.69, 9.17) is 0 Å². The Hall–Kier alpha value is -2.56. The lowest BCUT2D eigenvalue weighted by molar-refractivity contribution is 0.0653. The van der Waals surface area contributed by atoms with Crippen LogP contribution in [0.4, 0.5) is 0 Å². The summed E-state index contributed by atoms with van der Waals surface area (Å²) in [6, 6.07) is 12.1. The van der Waals surface area contributed by atoms with E-state index >= 15 is 0 Å². The normalized spacial score (nSPS) is 11.1. The molecule has 0 aliphatic carbocycles. The maximum Gasteiger partial charge on any atom is 0.338 e. The van der Waals surface area contributed by atoms with Crippen molar-refractivity contribution in [3.8, 4) is 40.4 Å². The fourth-order valence-electron chi connectivity index (χ4n) is 3.38. The molecule has 154 valence electrons. The van der Waals surface area contributed by atoms with Crippen LogP contribution in [0.15, 0.2) is 57.9 Å². The van der Waals surface area contributed by atoms with E-state index in [0.29, 0.717) is 4.88 Å². The van der Waals surface area contributed by atoms with Crippen LogP contribution >= 0.6 is 56.7 Å². The highest BCUT2D eigenvalue weighted by Gasteiger charge is 2.30. The van der Waals surface area contributed by atoms with E-state index in [9.17, 15) is 19.8 Å². The van der Waals surface area contributed by atoms with Gasteiger partial charge in [-0.1, -0.05) is 18.2 Å². The molecule has 0 atom stereocenters. The molecule has 0 aromatic carbocycles. The molecule has 0 fully saturated rings. The Morgan fingerprint density at radius 3 is 1.68 bits per heavy atom. The molecule has 0 spiro atoms. The van der Waals surface area contributed by atoms with E-state index in [2.05, 4.69) is 12.1 Å². The largest absolute Gasteiger partial charge is 0.478 e. The zero-order valence-corrected chi connectivity index (χ0v) is 19.6. The molecule has 5 aromatic rings. The highest BCUT2D eigenvalue weighted by atomic mass is 32.1. The van der Waals surface area contributed by atoms with Crippen LogP contribution in [-0.2, 0) is 0 Å². The van der Waals surface area contributed by atoms with E-state index in [0.717, 1.165) is 35.5 Å². The average Bonchev–Trinajstić information content (AvgIpc) is 3.56. The van der Waals surface area contributed by atoms with Gasteiger partial charge in [0.05, 0.1) is 25.8 Å². The van der Waals surface area contributed by atoms with Crippen LogP contribution in [0.3, 0.4) is 0 Å². The number of carbonyl (C=O) groups is 2. The second-order valence-electron chi connectivity index (χ2n) is 6.41. The summed E-state index contributed by atoms with van der Waals surface area (Å²) < 4.78 is 0. The first-order chi connectivity index (χ1) is 15.1. The summed E-state index contributed by atoms with van der Waals surface area (Å²) in [5.74, 6) is -2.46. The minimum atomic E-state index is -1.23. The molecular formula is C22H12O4S5. The van der Waals surface area contributed by atoms with E-state index in [1.807, 2.05) is 40.4 Å². The van der Waals surface area contributed by atoms with Gasteiger partial charge < -0.3 is 10.2 Å². The van der Waals surface area contributed by atoms with E-state index in [-0.39, 0.29) is 11.1 Å². The number of thiophene rings is 5. The van der Waals surface area contributed by atoms with Crippen LogP contribution in [-0.4, -0.2) is 22.2 Å². The monoisotopic (exact) mass is 500 g/mol. The predicted octanol–water partition coefficient (Wildman–Crippen LogP) is 8.06. The Kier molecular flexibility index (Phi) is 5.37. The molecule has 0 aliphatic heterocycles. The second-order valence-corrected chi connectivity index (χ2v) is 11.1. The SMILES string of the molecule is O=C(O)c1csc(-c2sc(-c3cccs3)c(-c3cccs3)c2-c2cccs2)c1C(=O)O. The second kappa shape index (κ2) is 8.18. The summed E-state index contributed by atoms with van der Waals surface area (Å²) in [5.41, 5.74) is 1.72. The quantitative estimate of drug-likeness (QED) is 0.247. The highest BCUT2D eigenvalue weighted by molar-refractivity contribution is 7.28. The molecule has 4 nitrogen and oxygen atoms in total. The molecule has 0 saturated carbocycles. The van der Waals surface area contributed by atoms with E-state index < -0.39 is 11.9 Å². The van der Waals surface area contributed by atoms with Gasteiger partial charge in [0.15, 0.2) is 0 Å². The number of aromatic carboxylic acids is 2. The number of hydrogen-bond acceptors (Lipinski definition) is 7. The Morgan fingerprint density at radius 2 is 1.19 bits per heavy atom. The lowest BCUT2D eigenvalue weighted by Gasteiger charge is -2.06. The maximum atomic E-state index is 12.1. The predicted molar refractivity (Wildman–Crippen MR) is 131 cm³/mol. The molecule has 0 aliphatic rings. The molecule has 0 unspecified atom stereocenters. The third-order valence-corrected chi connectivity index (χ3v) is 9.79. The summed E-state index contributed by atoms with van der Waals surface area (Å²) in [7, 11) is 0.